The van der Waals surface area contributed by atoms with Crippen molar-refractivity contribution >= 4 is 21.8 Å². The van der Waals surface area contributed by atoms with Crippen molar-refractivity contribution in [1.29, 1.82) is 0 Å². The molecule has 1 heterocycles. The van der Waals surface area contributed by atoms with E-state index in [0.717, 1.165) is 76.3 Å². The Bertz CT molecular complexity index is 1430. The van der Waals surface area contributed by atoms with Crippen LogP contribution in [0, 0.1) is 0 Å². The number of likely N-dealkylation sites (N-methyl/N-ethyl adjacent to an activating group) is 3. The van der Waals surface area contributed by atoms with E-state index < -0.39 is 16.1 Å². The molecular formula is C34H51N7O4S. The van der Waals surface area contributed by atoms with E-state index in [2.05, 4.69) is 81.7 Å². The van der Waals surface area contributed by atoms with Gasteiger partial charge in [0, 0.05) is 65.3 Å². The van der Waals surface area contributed by atoms with Crippen LogP contribution < -0.4 is 15.8 Å². The van der Waals surface area contributed by atoms with Crippen molar-refractivity contribution in [3.63, 3.8) is 0 Å². The maximum atomic E-state index is 13.5. The van der Waals surface area contributed by atoms with Gasteiger partial charge in [-0.2, -0.15) is 0 Å². The Morgan fingerprint density at radius 1 is 0.783 bits per heavy atom. The number of sulfonamides is 1. The molecule has 1 fully saturated rings. The summed E-state index contributed by atoms with van der Waals surface area (Å²) in [5.74, 6) is -0.416. The highest BCUT2D eigenvalue weighted by Gasteiger charge is 2.23. The number of fused-ring (bicyclic) bond motifs is 1. The number of nitrogens with one attached hydrogen (secondary N) is 2. The highest BCUT2D eigenvalue weighted by atomic mass is 32.2. The number of benzene rings is 2. The quantitative estimate of drug-likeness (QED) is 0.316. The molecule has 0 aromatic heterocycles. The second-order valence-electron chi connectivity index (χ2n) is 12.7. The molecule has 1 unspecified atom stereocenters. The first-order chi connectivity index (χ1) is 22.0. The Balaban J connectivity index is 1.40. The minimum atomic E-state index is -3.76. The Morgan fingerprint density at radius 3 is 1.91 bits per heavy atom. The predicted octanol–water partition coefficient (Wildman–Crippen LogP) is 0.486. The van der Waals surface area contributed by atoms with E-state index in [1.165, 1.54) is 23.3 Å². The van der Waals surface area contributed by atoms with Gasteiger partial charge in [0.25, 0.3) is 0 Å². The molecule has 1 aliphatic carbocycles. The third kappa shape index (κ3) is 11.6. The molecule has 252 valence electrons. The summed E-state index contributed by atoms with van der Waals surface area (Å²) in [6.07, 6.45) is 7.00. The van der Waals surface area contributed by atoms with Gasteiger partial charge in [0.15, 0.2) is 0 Å². The molecule has 46 heavy (non-hydrogen) atoms. The first-order valence-electron chi connectivity index (χ1n) is 16.2. The van der Waals surface area contributed by atoms with Gasteiger partial charge >= 0.3 is 0 Å². The molecule has 0 bridgehead atoms. The number of rotatable bonds is 10. The number of carbonyl (C=O) groups is 2. The molecule has 4 rings (SSSR count). The van der Waals surface area contributed by atoms with E-state index in [0.29, 0.717) is 19.4 Å². The van der Waals surface area contributed by atoms with E-state index in [1.807, 2.05) is 0 Å². The van der Waals surface area contributed by atoms with Gasteiger partial charge < -0.3 is 25.3 Å². The van der Waals surface area contributed by atoms with E-state index in [4.69, 9.17) is 5.14 Å². The van der Waals surface area contributed by atoms with Crippen LogP contribution in [-0.4, -0.2) is 132 Å². The van der Waals surface area contributed by atoms with Crippen LogP contribution in [0.25, 0.3) is 0 Å². The zero-order chi connectivity index (χ0) is 33.1. The molecule has 2 aromatic carbocycles. The molecular weight excluding hydrogens is 602 g/mol. The number of nitrogens with zero attached hydrogens (tertiary/aromatic N) is 4. The van der Waals surface area contributed by atoms with Crippen molar-refractivity contribution in [2.24, 2.45) is 5.14 Å². The van der Waals surface area contributed by atoms with Crippen LogP contribution in [0.3, 0.4) is 0 Å². The van der Waals surface area contributed by atoms with E-state index in [-0.39, 0.29) is 23.3 Å². The van der Waals surface area contributed by atoms with Crippen LogP contribution in [0.4, 0.5) is 0 Å². The third-order valence-corrected chi connectivity index (χ3v) is 9.79. The monoisotopic (exact) mass is 653 g/mol. The minimum absolute atomic E-state index is 0.0479. The van der Waals surface area contributed by atoms with Crippen molar-refractivity contribution in [3.8, 4) is 0 Å². The van der Waals surface area contributed by atoms with Gasteiger partial charge in [-0.25, -0.2) is 13.6 Å². The SMILES string of the molecule is CN1CCN(C)CCN(CC(=O)NC(Cc2ccc3c(c2)CC=CC3)C(=O)NCCc2ccc(S(N)(=O)=O)cc2)CCN(C)CC1. The lowest BCUT2D eigenvalue weighted by atomic mass is 9.93. The van der Waals surface area contributed by atoms with E-state index >= 15 is 0 Å². The summed E-state index contributed by atoms with van der Waals surface area (Å²) in [4.78, 5) is 36.2. The van der Waals surface area contributed by atoms with Gasteiger partial charge in [-0.05, 0) is 74.8 Å². The van der Waals surface area contributed by atoms with Crippen molar-refractivity contribution in [2.45, 2.75) is 36.6 Å². The Labute approximate surface area is 274 Å². The first kappa shape index (κ1) is 35.7. The van der Waals surface area contributed by atoms with Crippen LogP contribution in [0.5, 0.6) is 0 Å². The molecule has 0 radical (unpaired) electrons. The summed E-state index contributed by atoms with van der Waals surface area (Å²) in [7, 11) is 2.63. The second kappa shape index (κ2) is 17.1. The summed E-state index contributed by atoms with van der Waals surface area (Å²) < 4.78 is 23.1. The molecule has 2 aromatic rings. The summed E-state index contributed by atoms with van der Waals surface area (Å²) in [6.45, 7) is 7.74. The average molecular weight is 654 g/mol. The standard InChI is InChI=1S/C34H51N7O4S/c1-38-16-18-39(2)20-22-41(23-21-40(3)19-17-38)26-33(42)37-32(25-28-8-11-29-6-4-5-7-30(29)24-28)34(43)36-15-14-27-9-12-31(13-10-27)46(35,44)45/h4-5,8-13,24,32H,6-7,14-23,25-26H2,1-3H3,(H,36,43)(H,37,42)(H2,35,44,45). The lowest BCUT2D eigenvalue weighted by Gasteiger charge is -2.30. The van der Waals surface area contributed by atoms with Crippen molar-refractivity contribution in [1.82, 2.24) is 30.2 Å². The Morgan fingerprint density at radius 2 is 1.33 bits per heavy atom. The molecule has 11 nitrogen and oxygen atoms in total. The zero-order valence-corrected chi connectivity index (χ0v) is 28.4. The van der Waals surface area contributed by atoms with E-state index in [1.54, 1.807) is 12.1 Å². The summed E-state index contributed by atoms with van der Waals surface area (Å²) >= 11 is 0. The van der Waals surface area contributed by atoms with Crippen molar-refractivity contribution < 1.29 is 18.0 Å². The summed E-state index contributed by atoms with van der Waals surface area (Å²) in [5, 5.41) is 11.3. The number of carbonyl (C=O) groups excluding carboxylic acids is 2. The molecule has 0 spiro atoms. The maximum absolute atomic E-state index is 13.5. The van der Waals surface area contributed by atoms with Crippen LogP contribution in [0.15, 0.2) is 59.5 Å². The summed E-state index contributed by atoms with van der Waals surface area (Å²) in [5.41, 5.74) is 4.43. The number of primary sulfonamides is 1. The number of amides is 2. The largest absolute Gasteiger partial charge is 0.354 e. The normalized spacial score (nSPS) is 18.6. The van der Waals surface area contributed by atoms with Crippen LogP contribution >= 0.6 is 0 Å². The van der Waals surface area contributed by atoms with Crippen LogP contribution in [-0.2, 0) is 45.3 Å². The highest BCUT2D eigenvalue weighted by Crippen LogP contribution is 2.19. The van der Waals surface area contributed by atoms with Gasteiger partial charge in [0.2, 0.25) is 21.8 Å². The smallest absolute Gasteiger partial charge is 0.242 e. The molecule has 1 saturated heterocycles. The zero-order valence-electron chi connectivity index (χ0n) is 27.6. The molecule has 4 N–H and O–H groups in total. The minimum Gasteiger partial charge on any atom is -0.354 e. The molecule has 2 aliphatic rings. The molecule has 1 aliphatic heterocycles. The van der Waals surface area contributed by atoms with Gasteiger partial charge in [0.1, 0.15) is 6.04 Å². The lowest BCUT2D eigenvalue weighted by Crippen LogP contribution is -2.52. The Kier molecular flexibility index (Phi) is 13.3. The number of allylic oxidation sites excluding steroid dienone is 2. The van der Waals surface area contributed by atoms with Crippen LogP contribution in [0.1, 0.15) is 22.3 Å². The molecule has 12 heteroatoms. The fourth-order valence-electron chi connectivity index (χ4n) is 5.72. The fourth-order valence-corrected chi connectivity index (χ4v) is 6.23. The number of hydrogen-bond donors (Lipinski definition) is 3. The third-order valence-electron chi connectivity index (χ3n) is 8.86. The van der Waals surface area contributed by atoms with Crippen molar-refractivity contribution in [2.75, 3.05) is 86.6 Å². The van der Waals surface area contributed by atoms with E-state index in [9.17, 15) is 18.0 Å². The van der Waals surface area contributed by atoms with Gasteiger partial charge in [-0.1, -0.05) is 42.5 Å². The second-order valence-corrected chi connectivity index (χ2v) is 14.3. The molecule has 1 atom stereocenters. The molecule has 0 saturated carbocycles. The fraction of sp³-hybridized carbons (Fsp3) is 0.529. The van der Waals surface area contributed by atoms with Crippen molar-refractivity contribution in [3.05, 3.63) is 76.9 Å². The van der Waals surface area contributed by atoms with Gasteiger partial charge in [-0.3, -0.25) is 14.5 Å². The average Bonchev–Trinajstić information content (AvgIpc) is 3.02. The maximum Gasteiger partial charge on any atom is 0.242 e. The Hall–Kier alpha value is -3.13. The summed E-state index contributed by atoms with van der Waals surface area (Å²) in [6, 6.07) is 11.9. The lowest BCUT2D eigenvalue weighted by molar-refractivity contribution is -0.129. The highest BCUT2D eigenvalue weighted by molar-refractivity contribution is 7.89. The van der Waals surface area contributed by atoms with Gasteiger partial charge in [-0.15, -0.1) is 0 Å². The number of hydrogen-bond acceptors (Lipinski definition) is 8. The molecule has 2 amide bonds. The number of nitrogens with two attached hydrogens (primary N) is 1. The van der Waals surface area contributed by atoms with Gasteiger partial charge in [0.05, 0.1) is 11.4 Å². The predicted molar refractivity (Wildman–Crippen MR) is 182 cm³/mol. The topological polar surface area (TPSA) is 131 Å². The van der Waals surface area contributed by atoms with Crippen LogP contribution in [0.2, 0.25) is 0 Å². The first-order valence-corrected chi connectivity index (χ1v) is 17.7.